The minimum Gasteiger partial charge on any atom is -0.379 e. The van der Waals surface area contributed by atoms with Gasteiger partial charge in [-0.3, -0.25) is 19.1 Å². The van der Waals surface area contributed by atoms with E-state index in [1.165, 1.54) is 9.27 Å². The molecule has 1 aliphatic heterocycles. The first-order valence-corrected chi connectivity index (χ1v) is 11.6. The summed E-state index contributed by atoms with van der Waals surface area (Å²) in [6.45, 7) is 4.64. The summed E-state index contributed by atoms with van der Waals surface area (Å²) in [5.74, 6) is 0. The van der Waals surface area contributed by atoms with Crippen LogP contribution in [0.1, 0.15) is 6.42 Å². The van der Waals surface area contributed by atoms with Gasteiger partial charge in [0, 0.05) is 57.1 Å². The number of pyridine rings is 1. The number of hydrogen-bond acceptors (Lipinski definition) is 5. The first kappa shape index (κ1) is 21.3. The average molecular weight is 467 g/mol. The van der Waals surface area contributed by atoms with Crippen molar-refractivity contribution in [2.75, 3.05) is 32.8 Å². The predicted molar refractivity (Wildman–Crippen MR) is 135 cm³/mol. The van der Waals surface area contributed by atoms with Gasteiger partial charge in [-0.25, -0.2) is 0 Å². The summed E-state index contributed by atoms with van der Waals surface area (Å²) in [6.07, 6.45) is 0.773. The Morgan fingerprint density at radius 2 is 1.44 bits per heavy atom. The first-order chi connectivity index (χ1) is 15.2. The van der Waals surface area contributed by atoms with Crippen LogP contribution in [-0.4, -0.2) is 42.3 Å². The average Bonchev–Trinajstić information content (AvgIpc) is 2.81. The van der Waals surface area contributed by atoms with Gasteiger partial charge in [0.2, 0.25) is 0 Å². The van der Waals surface area contributed by atoms with Crippen LogP contribution in [0.2, 0.25) is 0 Å². The molecule has 0 atom stereocenters. The number of ether oxygens (including phenoxy) is 1. The maximum Gasteiger partial charge on any atom is 0.261 e. The van der Waals surface area contributed by atoms with Gasteiger partial charge in [-0.2, -0.15) is 0 Å². The van der Waals surface area contributed by atoms with E-state index < -0.39 is 0 Å². The van der Waals surface area contributed by atoms with Gasteiger partial charge in [-0.1, -0.05) is 24.3 Å². The Bertz CT molecular complexity index is 1520. The molecule has 0 spiro atoms. The van der Waals surface area contributed by atoms with Gasteiger partial charge in [-0.05, 0) is 41.5 Å². The van der Waals surface area contributed by atoms with Crippen LogP contribution >= 0.6 is 23.7 Å². The Balaban J connectivity index is 0.00000216. The van der Waals surface area contributed by atoms with Crippen LogP contribution in [0, 0.1) is 0 Å². The lowest BCUT2D eigenvalue weighted by Crippen LogP contribution is -2.38. The van der Waals surface area contributed by atoms with Crippen molar-refractivity contribution in [3.05, 3.63) is 69.2 Å². The summed E-state index contributed by atoms with van der Waals surface area (Å²) >= 11 is 1.71. The maximum absolute atomic E-state index is 13.3. The number of benzene rings is 3. The molecule has 164 valence electrons. The predicted octanol–water partition coefficient (Wildman–Crippen LogP) is 4.46. The molecular formula is C25H23ClN2O3S. The summed E-state index contributed by atoms with van der Waals surface area (Å²) in [4.78, 5) is 29.0. The summed E-state index contributed by atoms with van der Waals surface area (Å²) < 4.78 is 9.14. The quantitative estimate of drug-likeness (QED) is 0.290. The molecule has 1 fully saturated rings. The Hall–Kier alpha value is -2.51. The van der Waals surface area contributed by atoms with Crippen molar-refractivity contribution in [2.45, 2.75) is 13.0 Å². The molecule has 3 heterocycles. The van der Waals surface area contributed by atoms with E-state index in [0.29, 0.717) is 17.3 Å². The molecule has 1 aliphatic rings. The van der Waals surface area contributed by atoms with Crippen LogP contribution in [0.4, 0.5) is 0 Å². The molecule has 7 heteroatoms. The molecule has 0 aliphatic carbocycles. The molecule has 0 saturated carbocycles. The highest BCUT2D eigenvalue weighted by atomic mass is 35.5. The van der Waals surface area contributed by atoms with Crippen LogP contribution in [-0.2, 0) is 11.3 Å². The molecule has 0 amide bonds. The van der Waals surface area contributed by atoms with Gasteiger partial charge in [0.05, 0.1) is 13.2 Å². The normalized spacial score (nSPS) is 15.1. The van der Waals surface area contributed by atoms with Crippen LogP contribution in [0.5, 0.6) is 0 Å². The number of halogens is 1. The molecule has 0 radical (unpaired) electrons. The number of hydrogen-bond donors (Lipinski definition) is 0. The zero-order valence-corrected chi connectivity index (χ0v) is 19.1. The second kappa shape index (κ2) is 8.45. The van der Waals surface area contributed by atoms with Gasteiger partial charge in [0.25, 0.3) is 11.1 Å². The molecule has 1 saturated heterocycles. The van der Waals surface area contributed by atoms with Crippen molar-refractivity contribution in [2.24, 2.45) is 0 Å². The monoisotopic (exact) mass is 466 g/mol. The van der Waals surface area contributed by atoms with Gasteiger partial charge >= 0.3 is 0 Å². The third kappa shape index (κ3) is 3.30. The van der Waals surface area contributed by atoms with E-state index in [2.05, 4.69) is 17.0 Å². The highest BCUT2D eigenvalue weighted by molar-refractivity contribution is 7.25. The first-order valence-electron chi connectivity index (χ1n) is 10.8. The topological polar surface area (TPSA) is 51.5 Å². The van der Waals surface area contributed by atoms with Gasteiger partial charge in [0.15, 0.2) is 0 Å². The van der Waals surface area contributed by atoms with Gasteiger partial charge in [0.1, 0.15) is 0 Å². The lowest BCUT2D eigenvalue weighted by Gasteiger charge is -2.26. The molecule has 2 aromatic heterocycles. The molecule has 5 aromatic rings. The summed E-state index contributed by atoms with van der Waals surface area (Å²) in [7, 11) is 0. The highest BCUT2D eigenvalue weighted by Gasteiger charge is 2.18. The number of aromatic nitrogens is 1. The fraction of sp³-hybridized carbons (Fsp3) is 0.280. The second-order valence-corrected chi connectivity index (χ2v) is 9.27. The Morgan fingerprint density at radius 1 is 0.750 bits per heavy atom. The fourth-order valence-corrected chi connectivity index (χ4v) is 6.01. The summed E-state index contributed by atoms with van der Waals surface area (Å²) in [5.41, 5.74) is -0.348. The van der Waals surface area contributed by atoms with E-state index in [4.69, 9.17) is 4.74 Å². The van der Waals surface area contributed by atoms with E-state index >= 15 is 0 Å². The van der Waals surface area contributed by atoms with Crippen molar-refractivity contribution in [1.29, 1.82) is 0 Å². The van der Waals surface area contributed by atoms with Crippen LogP contribution < -0.4 is 11.1 Å². The van der Waals surface area contributed by atoms with Crippen molar-refractivity contribution in [3.8, 4) is 0 Å². The standard InChI is InChI=1S/C25H22N2O3S.ClH/c28-24-18-7-6-17-16-4-1-2-5-20(16)31-21-9-8-19(22(18)23(17)21)25(29)27(24)11-3-10-26-12-14-30-15-13-26;/h1-2,4-9H,3,10-15H2;1H. The van der Waals surface area contributed by atoms with Crippen LogP contribution in [0.3, 0.4) is 0 Å². The molecule has 0 unspecified atom stereocenters. The molecule has 0 bridgehead atoms. The number of rotatable bonds is 4. The molecule has 6 rings (SSSR count). The zero-order valence-electron chi connectivity index (χ0n) is 17.5. The van der Waals surface area contributed by atoms with E-state index in [1.807, 2.05) is 36.4 Å². The Morgan fingerprint density at radius 3 is 2.22 bits per heavy atom. The van der Waals surface area contributed by atoms with Crippen molar-refractivity contribution in [3.63, 3.8) is 0 Å². The second-order valence-electron chi connectivity index (χ2n) is 8.19. The summed E-state index contributed by atoms with van der Waals surface area (Å²) in [5, 5.41) is 5.40. The van der Waals surface area contributed by atoms with Crippen LogP contribution in [0.15, 0.2) is 58.1 Å². The molecule has 32 heavy (non-hydrogen) atoms. The minimum absolute atomic E-state index is 0. The molecule has 3 aromatic carbocycles. The van der Waals surface area contributed by atoms with E-state index in [1.54, 1.807) is 11.3 Å². The number of morpholine rings is 1. The van der Waals surface area contributed by atoms with Gasteiger partial charge < -0.3 is 4.74 Å². The van der Waals surface area contributed by atoms with E-state index in [0.717, 1.165) is 65.5 Å². The molecule has 0 N–H and O–H groups in total. The zero-order chi connectivity index (χ0) is 20.9. The Labute approximate surface area is 194 Å². The Kier molecular flexibility index (Phi) is 5.63. The minimum atomic E-state index is -0.174. The van der Waals surface area contributed by atoms with E-state index in [-0.39, 0.29) is 23.5 Å². The van der Waals surface area contributed by atoms with Crippen LogP contribution in [0.25, 0.3) is 41.7 Å². The highest BCUT2D eigenvalue weighted by Crippen LogP contribution is 2.39. The number of fused-ring (bicyclic) bond motifs is 2. The van der Waals surface area contributed by atoms with Crippen molar-refractivity contribution >= 4 is 65.5 Å². The SMILES string of the molecule is Cl.O=c1c2ccc3sc4ccccc4c4ccc(c(=O)n1CCCN1CCOCC1)c2c34. The van der Waals surface area contributed by atoms with E-state index in [9.17, 15) is 9.59 Å². The lowest BCUT2D eigenvalue weighted by atomic mass is 9.98. The fourth-order valence-electron chi connectivity index (χ4n) is 4.89. The van der Waals surface area contributed by atoms with Gasteiger partial charge in [-0.15, -0.1) is 23.7 Å². The third-order valence-corrected chi connectivity index (χ3v) is 7.57. The van der Waals surface area contributed by atoms with Crippen molar-refractivity contribution in [1.82, 2.24) is 9.47 Å². The molecule has 5 nitrogen and oxygen atoms in total. The molecular weight excluding hydrogens is 444 g/mol. The summed E-state index contributed by atoms with van der Waals surface area (Å²) in [6, 6.07) is 16.2. The number of nitrogens with zero attached hydrogens (tertiary/aromatic N) is 2. The lowest BCUT2D eigenvalue weighted by molar-refractivity contribution is 0.0369. The third-order valence-electron chi connectivity index (χ3n) is 6.43. The van der Waals surface area contributed by atoms with Crippen molar-refractivity contribution < 1.29 is 4.74 Å². The largest absolute Gasteiger partial charge is 0.379 e. The maximum atomic E-state index is 13.3. The smallest absolute Gasteiger partial charge is 0.261 e.